The molecule has 1 nitrogen and oxygen atoms in total. The van der Waals surface area contributed by atoms with Gasteiger partial charge >= 0.3 is 0 Å². The summed E-state index contributed by atoms with van der Waals surface area (Å²) in [6.07, 6.45) is 15.9. The first-order valence-electron chi connectivity index (χ1n) is 8.10. The number of nitrogens with one attached hydrogen (secondary N) is 1. The standard InChI is InChI=1S/C16H33N/c1-3-5-8-13-16(17-4-2)14-15-11-9-6-7-10-12-15/h15-17H,3-14H2,1-2H3. The largest absolute Gasteiger partial charge is 0.314 e. The van der Waals surface area contributed by atoms with E-state index in [0.29, 0.717) is 0 Å². The lowest BCUT2D eigenvalue weighted by atomic mass is 9.90. The van der Waals surface area contributed by atoms with E-state index < -0.39 is 0 Å². The molecule has 17 heavy (non-hydrogen) atoms. The average Bonchev–Trinajstić information content (AvgIpc) is 2.58. The molecule has 1 unspecified atom stereocenters. The molecular formula is C16H33N. The van der Waals surface area contributed by atoms with E-state index in [1.54, 1.807) is 0 Å². The second kappa shape index (κ2) is 9.94. The first-order valence-corrected chi connectivity index (χ1v) is 8.10. The molecule has 0 aliphatic heterocycles. The lowest BCUT2D eigenvalue weighted by Gasteiger charge is -2.23. The highest BCUT2D eigenvalue weighted by Crippen LogP contribution is 2.27. The van der Waals surface area contributed by atoms with Crippen LogP contribution in [-0.4, -0.2) is 12.6 Å². The van der Waals surface area contributed by atoms with Crippen molar-refractivity contribution in [1.82, 2.24) is 5.32 Å². The van der Waals surface area contributed by atoms with Gasteiger partial charge in [0.05, 0.1) is 0 Å². The van der Waals surface area contributed by atoms with E-state index in [1.165, 1.54) is 70.6 Å². The van der Waals surface area contributed by atoms with Gasteiger partial charge in [-0.3, -0.25) is 0 Å². The van der Waals surface area contributed by atoms with Crippen molar-refractivity contribution in [3.05, 3.63) is 0 Å². The van der Waals surface area contributed by atoms with Crippen molar-refractivity contribution in [3.63, 3.8) is 0 Å². The number of rotatable bonds is 8. The van der Waals surface area contributed by atoms with Crippen LogP contribution < -0.4 is 5.32 Å². The molecular weight excluding hydrogens is 206 g/mol. The second-order valence-electron chi connectivity index (χ2n) is 5.84. The molecule has 1 aliphatic rings. The Balaban J connectivity index is 2.25. The minimum atomic E-state index is 0.801. The van der Waals surface area contributed by atoms with Crippen LogP contribution in [0.25, 0.3) is 0 Å². The Bertz CT molecular complexity index is 159. The zero-order valence-corrected chi connectivity index (χ0v) is 12.1. The van der Waals surface area contributed by atoms with Crippen molar-refractivity contribution in [2.75, 3.05) is 6.54 Å². The van der Waals surface area contributed by atoms with Crippen LogP contribution in [-0.2, 0) is 0 Å². The maximum atomic E-state index is 3.71. The Morgan fingerprint density at radius 1 is 1.00 bits per heavy atom. The summed E-state index contributed by atoms with van der Waals surface area (Å²) >= 11 is 0. The highest BCUT2D eigenvalue weighted by Gasteiger charge is 2.17. The molecule has 0 aromatic heterocycles. The molecule has 1 heteroatoms. The van der Waals surface area contributed by atoms with Crippen LogP contribution in [0.1, 0.15) is 84.5 Å². The van der Waals surface area contributed by atoms with E-state index in [0.717, 1.165) is 18.5 Å². The van der Waals surface area contributed by atoms with Gasteiger partial charge in [0.15, 0.2) is 0 Å². The molecule has 1 rings (SSSR count). The number of hydrogen-bond acceptors (Lipinski definition) is 1. The summed E-state index contributed by atoms with van der Waals surface area (Å²) in [7, 11) is 0. The van der Waals surface area contributed by atoms with Crippen LogP contribution in [0.15, 0.2) is 0 Å². The quantitative estimate of drug-likeness (QED) is 0.469. The van der Waals surface area contributed by atoms with Gasteiger partial charge in [-0.2, -0.15) is 0 Å². The minimum absolute atomic E-state index is 0.801. The Hall–Kier alpha value is -0.0400. The summed E-state index contributed by atoms with van der Waals surface area (Å²) in [5.74, 6) is 1.02. The Kier molecular flexibility index (Phi) is 8.78. The normalized spacial score (nSPS) is 20.1. The molecule has 1 atom stereocenters. The first-order chi connectivity index (χ1) is 8.36. The Morgan fingerprint density at radius 2 is 1.71 bits per heavy atom. The van der Waals surface area contributed by atoms with Gasteiger partial charge in [0.1, 0.15) is 0 Å². The molecule has 0 saturated heterocycles. The summed E-state index contributed by atoms with van der Waals surface area (Å²) in [6, 6.07) is 0.801. The number of hydrogen-bond donors (Lipinski definition) is 1. The molecule has 0 bridgehead atoms. The SMILES string of the molecule is CCCCCC(CC1CCCCCC1)NCC. The second-order valence-corrected chi connectivity index (χ2v) is 5.84. The fraction of sp³-hybridized carbons (Fsp3) is 1.00. The highest BCUT2D eigenvalue weighted by atomic mass is 14.9. The fourth-order valence-corrected chi connectivity index (χ4v) is 3.23. The fourth-order valence-electron chi connectivity index (χ4n) is 3.23. The molecule has 1 aliphatic carbocycles. The molecule has 1 fully saturated rings. The summed E-state index contributed by atoms with van der Waals surface area (Å²) < 4.78 is 0. The smallest absolute Gasteiger partial charge is 0.00695 e. The average molecular weight is 239 g/mol. The molecule has 1 N–H and O–H groups in total. The third-order valence-electron chi connectivity index (χ3n) is 4.24. The zero-order valence-electron chi connectivity index (χ0n) is 12.1. The molecule has 0 amide bonds. The van der Waals surface area contributed by atoms with Gasteiger partial charge in [0.2, 0.25) is 0 Å². The van der Waals surface area contributed by atoms with Crippen molar-refractivity contribution in [2.24, 2.45) is 5.92 Å². The molecule has 1 saturated carbocycles. The van der Waals surface area contributed by atoms with E-state index >= 15 is 0 Å². The third kappa shape index (κ3) is 7.08. The topological polar surface area (TPSA) is 12.0 Å². The number of unbranched alkanes of at least 4 members (excludes halogenated alkanes) is 2. The highest BCUT2D eigenvalue weighted by molar-refractivity contribution is 4.73. The lowest BCUT2D eigenvalue weighted by molar-refractivity contribution is 0.336. The van der Waals surface area contributed by atoms with Gasteiger partial charge in [-0.05, 0) is 25.3 Å². The van der Waals surface area contributed by atoms with Crippen molar-refractivity contribution in [3.8, 4) is 0 Å². The summed E-state index contributed by atoms with van der Waals surface area (Å²) in [5, 5.41) is 3.71. The first kappa shape index (κ1) is 15.0. The van der Waals surface area contributed by atoms with E-state index in [2.05, 4.69) is 19.2 Å². The van der Waals surface area contributed by atoms with Gasteiger partial charge in [0, 0.05) is 6.04 Å². The van der Waals surface area contributed by atoms with Crippen molar-refractivity contribution in [2.45, 2.75) is 90.5 Å². The summed E-state index contributed by atoms with van der Waals surface area (Å²) in [4.78, 5) is 0. The van der Waals surface area contributed by atoms with Crippen molar-refractivity contribution < 1.29 is 0 Å². The van der Waals surface area contributed by atoms with Crippen LogP contribution in [0.4, 0.5) is 0 Å². The van der Waals surface area contributed by atoms with E-state index in [4.69, 9.17) is 0 Å². The lowest BCUT2D eigenvalue weighted by Crippen LogP contribution is -2.31. The van der Waals surface area contributed by atoms with E-state index in [1.807, 2.05) is 0 Å². The van der Waals surface area contributed by atoms with Crippen molar-refractivity contribution in [1.29, 1.82) is 0 Å². The Labute approximate surface area is 109 Å². The predicted octanol–water partition coefficient (Wildman–Crippen LogP) is 4.91. The van der Waals surface area contributed by atoms with Crippen molar-refractivity contribution >= 4 is 0 Å². The molecule has 0 aromatic rings. The maximum absolute atomic E-state index is 3.71. The van der Waals surface area contributed by atoms with Gasteiger partial charge < -0.3 is 5.32 Å². The molecule has 0 spiro atoms. The predicted molar refractivity (Wildman–Crippen MR) is 77.4 cm³/mol. The third-order valence-corrected chi connectivity index (χ3v) is 4.24. The van der Waals surface area contributed by atoms with Gasteiger partial charge in [-0.15, -0.1) is 0 Å². The summed E-state index contributed by atoms with van der Waals surface area (Å²) in [6.45, 7) is 5.69. The van der Waals surface area contributed by atoms with Crippen LogP contribution in [0.2, 0.25) is 0 Å². The van der Waals surface area contributed by atoms with E-state index in [9.17, 15) is 0 Å². The van der Waals surface area contributed by atoms with Crippen LogP contribution in [0.5, 0.6) is 0 Å². The minimum Gasteiger partial charge on any atom is -0.314 e. The molecule has 0 aromatic carbocycles. The summed E-state index contributed by atoms with van der Waals surface area (Å²) in [5.41, 5.74) is 0. The monoisotopic (exact) mass is 239 g/mol. The Morgan fingerprint density at radius 3 is 2.29 bits per heavy atom. The van der Waals surface area contributed by atoms with Gasteiger partial charge in [-0.25, -0.2) is 0 Å². The maximum Gasteiger partial charge on any atom is 0.00695 e. The zero-order chi connectivity index (χ0) is 12.3. The van der Waals surface area contributed by atoms with Crippen LogP contribution in [0, 0.1) is 5.92 Å². The molecule has 102 valence electrons. The van der Waals surface area contributed by atoms with Gasteiger partial charge in [0.25, 0.3) is 0 Å². The van der Waals surface area contributed by atoms with E-state index in [-0.39, 0.29) is 0 Å². The van der Waals surface area contributed by atoms with Gasteiger partial charge in [-0.1, -0.05) is 71.6 Å². The molecule has 0 heterocycles. The van der Waals surface area contributed by atoms with Crippen LogP contribution >= 0.6 is 0 Å². The molecule has 0 radical (unpaired) electrons. The van der Waals surface area contributed by atoms with Crippen LogP contribution in [0.3, 0.4) is 0 Å².